The lowest BCUT2D eigenvalue weighted by Crippen LogP contribution is -2.40. The first kappa shape index (κ1) is 12.6. The van der Waals surface area contributed by atoms with Crippen molar-refractivity contribution in [3.8, 4) is 5.75 Å². The van der Waals surface area contributed by atoms with Gasteiger partial charge in [0.05, 0.1) is 12.8 Å². The van der Waals surface area contributed by atoms with Gasteiger partial charge in [0.25, 0.3) is 0 Å². The molecule has 1 heterocycles. The second kappa shape index (κ2) is 5.18. The number of carbonyl (C=O) groups excluding carboxylic acids is 2. The molecule has 0 saturated carbocycles. The molecule has 0 spiro atoms. The summed E-state index contributed by atoms with van der Waals surface area (Å²) in [7, 11) is 1.51. The van der Waals surface area contributed by atoms with E-state index in [1.54, 1.807) is 18.2 Å². The van der Waals surface area contributed by atoms with Crippen molar-refractivity contribution < 1.29 is 14.3 Å². The second-order valence-electron chi connectivity index (χ2n) is 4.19. The van der Waals surface area contributed by atoms with Crippen molar-refractivity contribution in [3.63, 3.8) is 0 Å². The van der Waals surface area contributed by atoms with Gasteiger partial charge in [-0.3, -0.25) is 9.59 Å². The minimum absolute atomic E-state index is 0.176. The average Bonchev–Trinajstić information content (AvgIpc) is 2.38. The highest BCUT2D eigenvalue weighted by Gasteiger charge is 2.29. The number of anilines is 1. The van der Waals surface area contributed by atoms with Crippen LogP contribution in [0.15, 0.2) is 18.2 Å². The Hall–Kier alpha value is -1.88. The summed E-state index contributed by atoms with van der Waals surface area (Å²) in [6.45, 7) is 0.387. The predicted molar refractivity (Wildman–Crippen MR) is 67.2 cm³/mol. The molecule has 0 unspecified atom stereocenters. The van der Waals surface area contributed by atoms with Crippen LogP contribution in [0.25, 0.3) is 0 Å². The molecular weight excluding hydrogens is 232 g/mol. The maximum Gasteiger partial charge on any atom is 0.233 e. The molecule has 1 aliphatic heterocycles. The largest absolute Gasteiger partial charge is 0.495 e. The van der Waals surface area contributed by atoms with Gasteiger partial charge in [-0.1, -0.05) is 6.07 Å². The van der Waals surface area contributed by atoms with E-state index in [1.807, 2.05) is 0 Å². The number of imide groups is 1. The van der Waals surface area contributed by atoms with Gasteiger partial charge in [-0.25, -0.2) is 4.90 Å². The molecule has 5 heteroatoms. The third kappa shape index (κ3) is 2.22. The van der Waals surface area contributed by atoms with Gasteiger partial charge in [-0.15, -0.1) is 0 Å². The fraction of sp³-hybridized carbons (Fsp3) is 0.385. The molecule has 2 amide bonds. The van der Waals surface area contributed by atoms with Gasteiger partial charge in [0.1, 0.15) is 5.75 Å². The van der Waals surface area contributed by atoms with E-state index < -0.39 is 0 Å². The third-order valence-corrected chi connectivity index (χ3v) is 3.00. The molecule has 0 atom stereocenters. The van der Waals surface area contributed by atoms with Crippen LogP contribution < -0.4 is 15.4 Å². The van der Waals surface area contributed by atoms with Crippen LogP contribution in [-0.2, 0) is 16.1 Å². The zero-order valence-electron chi connectivity index (χ0n) is 10.3. The third-order valence-electron chi connectivity index (χ3n) is 3.00. The molecule has 0 radical (unpaired) electrons. The topological polar surface area (TPSA) is 72.6 Å². The van der Waals surface area contributed by atoms with Gasteiger partial charge >= 0.3 is 0 Å². The summed E-state index contributed by atoms with van der Waals surface area (Å²) in [6.07, 6.45) is 1.42. The van der Waals surface area contributed by atoms with Crippen molar-refractivity contribution >= 4 is 17.5 Å². The number of ether oxygens (including phenoxy) is 1. The highest BCUT2D eigenvalue weighted by molar-refractivity contribution is 6.17. The fourth-order valence-electron chi connectivity index (χ4n) is 2.06. The van der Waals surface area contributed by atoms with E-state index in [0.717, 1.165) is 5.56 Å². The van der Waals surface area contributed by atoms with Crippen LogP contribution in [0, 0.1) is 0 Å². The molecule has 2 rings (SSSR count). The summed E-state index contributed by atoms with van der Waals surface area (Å²) < 4.78 is 5.24. The smallest absolute Gasteiger partial charge is 0.233 e. The first-order chi connectivity index (χ1) is 8.67. The zero-order chi connectivity index (χ0) is 13.1. The van der Waals surface area contributed by atoms with Gasteiger partial charge in [0, 0.05) is 19.4 Å². The van der Waals surface area contributed by atoms with Crippen LogP contribution in [-0.4, -0.2) is 18.9 Å². The molecule has 0 aliphatic carbocycles. The van der Waals surface area contributed by atoms with Crippen molar-refractivity contribution in [1.82, 2.24) is 0 Å². The molecule has 1 aromatic rings. The Bertz CT molecular complexity index is 469. The Morgan fingerprint density at radius 3 is 2.50 bits per heavy atom. The average molecular weight is 248 g/mol. The van der Waals surface area contributed by atoms with Gasteiger partial charge in [0.15, 0.2) is 0 Å². The van der Waals surface area contributed by atoms with Crippen LogP contribution in [0.2, 0.25) is 0 Å². The number of hydrogen-bond donors (Lipinski definition) is 1. The SMILES string of the molecule is COc1cc(CN)ccc1N1C(=O)CCCC1=O. The van der Waals surface area contributed by atoms with E-state index >= 15 is 0 Å². The second-order valence-corrected chi connectivity index (χ2v) is 4.19. The van der Waals surface area contributed by atoms with E-state index in [0.29, 0.717) is 37.2 Å². The van der Waals surface area contributed by atoms with Crippen molar-refractivity contribution in [2.75, 3.05) is 12.0 Å². The first-order valence-corrected chi connectivity index (χ1v) is 5.90. The number of nitrogens with two attached hydrogens (primary N) is 1. The van der Waals surface area contributed by atoms with Gasteiger partial charge < -0.3 is 10.5 Å². The highest BCUT2D eigenvalue weighted by atomic mass is 16.5. The number of benzene rings is 1. The fourth-order valence-corrected chi connectivity index (χ4v) is 2.06. The maximum atomic E-state index is 11.9. The van der Waals surface area contributed by atoms with Crippen LogP contribution >= 0.6 is 0 Å². The maximum absolute atomic E-state index is 11.9. The number of hydrogen-bond acceptors (Lipinski definition) is 4. The molecular formula is C13H16N2O3. The van der Waals surface area contributed by atoms with E-state index in [-0.39, 0.29) is 11.8 Å². The van der Waals surface area contributed by atoms with Gasteiger partial charge in [-0.05, 0) is 24.1 Å². The van der Waals surface area contributed by atoms with Crippen molar-refractivity contribution in [2.45, 2.75) is 25.8 Å². The number of carbonyl (C=O) groups is 2. The molecule has 1 aliphatic rings. The quantitative estimate of drug-likeness (QED) is 0.816. The molecule has 2 N–H and O–H groups in total. The summed E-state index contributed by atoms with van der Waals surface area (Å²) >= 11 is 0. The molecule has 0 bridgehead atoms. The Labute approximate surface area is 106 Å². The molecule has 1 saturated heterocycles. The lowest BCUT2D eigenvalue weighted by molar-refractivity contribution is -0.129. The van der Waals surface area contributed by atoms with Gasteiger partial charge in [-0.2, -0.15) is 0 Å². The minimum Gasteiger partial charge on any atom is -0.495 e. The number of rotatable bonds is 3. The number of nitrogens with zero attached hydrogens (tertiary/aromatic N) is 1. The van der Waals surface area contributed by atoms with Crippen LogP contribution in [0.4, 0.5) is 5.69 Å². The normalized spacial score (nSPS) is 16.0. The summed E-state index contributed by atoms with van der Waals surface area (Å²) in [5.74, 6) is 0.150. The summed E-state index contributed by atoms with van der Waals surface area (Å²) in [5.41, 5.74) is 6.95. The monoisotopic (exact) mass is 248 g/mol. The van der Waals surface area contributed by atoms with Crippen molar-refractivity contribution in [3.05, 3.63) is 23.8 Å². The molecule has 18 heavy (non-hydrogen) atoms. The minimum atomic E-state index is -0.176. The van der Waals surface area contributed by atoms with E-state index in [2.05, 4.69) is 0 Å². The van der Waals surface area contributed by atoms with Gasteiger partial charge in [0.2, 0.25) is 11.8 Å². The predicted octanol–water partition coefficient (Wildman–Crippen LogP) is 1.20. The highest BCUT2D eigenvalue weighted by Crippen LogP contribution is 2.32. The zero-order valence-corrected chi connectivity index (χ0v) is 10.3. The molecule has 1 aromatic carbocycles. The van der Waals surface area contributed by atoms with E-state index in [4.69, 9.17) is 10.5 Å². The molecule has 1 fully saturated rings. The Morgan fingerprint density at radius 2 is 1.94 bits per heavy atom. The summed E-state index contributed by atoms with van der Waals surface area (Å²) in [4.78, 5) is 24.9. The van der Waals surface area contributed by atoms with E-state index in [1.165, 1.54) is 12.0 Å². The number of piperidine rings is 1. The van der Waals surface area contributed by atoms with Crippen molar-refractivity contribution in [1.29, 1.82) is 0 Å². The lowest BCUT2D eigenvalue weighted by atomic mass is 10.1. The summed E-state index contributed by atoms with van der Waals surface area (Å²) in [5, 5.41) is 0. The first-order valence-electron chi connectivity index (χ1n) is 5.90. The Morgan fingerprint density at radius 1 is 1.28 bits per heavy atom. The molecule has 0 aromatic heterocycles. The lowest BCUT2D eigenvalue weighted by Gasteiger charge is -2.26. The molecule has 96 valence electrons. The van der Waals surface area contributed by atoms with Crippen LogP contribution in [0.1, 0.15) is 24.8 Å². The van der Waals surface area contributed by atoms with Crippen LogP contribution in [0.5, 0.6) is 5.75 Å². The van der Waals surface area contributed by atoms with Crippen molar-refractivity contribution in [2.24, 2.45) is 5.73 Å². The number of amides is 2. The molecule has 5 nitrogen and oxygen atoms in total. The van der Waals surface area contributed by atoms with E-state index in [9.17, 15) is 9.59 Å². The summed E-state index contributed by atoms with van der Waals surface area (Å²) in [6, 6.07) is 5.26. The Kier molecular flexibility index (Phi) is 3.62. The number of methoxy groups -OCH3 is 1. The van der Waals surface area contributed by atoms with Crippen LogP contribution in [0.3, 0.4) is 0 Å². The standard InChI is InChI=1S/C13H16N2O3/c1-18-11-7-9(8-14)5-6-10(11)15-12(16)3-2-4-13(15)17/h5-7H,2-4,8,14H2,1H3. The Balaban J connectivity index is 2.42.